The fourth-order valence-corrected chi connectivity index (χ4v) is 3.68. The molecule has 0 saturated carbocycles. The fourth-order valence-electron chi connectivity index (χ4n) is 1.58. The van der Waals surface area contributed by atoms with Crippen LogP contribution in [0.5, 0.6) is 0 Å². The normalized spacial score (nSPS) is 12.1. The molecule has 0 N–H and O–H groups in total. The molecule has 1 atom stereocenters. The molecule has 1 unspecified atom stereocenters. The van der Waals surface area contributed by atoms with Crippen LogP contribution in [0, 0.1) is 0 Å². The number of carbonyl (C=O) groups excluding carboxylic acids is 1. The van der Waals surface area contributed by atoms with Crippen molar-refractivity contribution in [1.82, 2.24) is 0 Å². The van der Waals surface area contributed by atoms with E-state index in [1.807, 2.05) is 12.1 Å². The monoisotopic (exact) mass is 400 g/mol. The van der Waals surface area contributed by atoms with E-state index in [9.17, 15) is 9.00 Å². The lowest BCUT2D eigenvalue weighted by Crippen LogP contribution is -2.11. The van der Waals surface area contributed by atoms with Crippen molar-refractivity contribution in [3.8, 4) is 0 Å². The molecule has 2 aromatic rings. The van der Waals surface area contributed by atoms with Gasteiger partial charge in [-0.15, -0.1) is 0 Å². The van der Waals surface area contributed by atoms with Gasteiger partial charge in [0.15, 0.2) is 5.78 Å². The maximum atomic E-state index is 12.1. The highest BCUT2D eigenvalue weighted by Crippen LogP contribution is 2.19. The highest BCUT2D eigenvalue weighted by atomic mass is 79.9. The van der Waals surface area contributed by atoms with E-state index >= 15 is 0 Å². The Morgan fingerprint density at radius 1 is 1.05 bits per heavy atom. The Morgan fingerprint density at radius 3 is 2.47 bits per heavy atom. The van der Waals surface area contributed by atoms with Crippen molar-refractivity contribution >= 4 is 48.4 Å². The van der Waals surface area contributed by atoms with Gasteiger partial charge in [0.25, 0.3) is 0 Å². The third kappa shape index (κ3) is 3.84. The van der Waals surface area contributed by atoms with Crippen molar-refractivity contribution in [2.45, 2.75) is 4.90 Å². The van der Waals surface area contributed by atoms with Gasteiger partial charge in [-0.1, -0.05) is 56.1 Å². The van der Waals surface area contributed by atoms with Crippen LogP contribution in [0.3, 0.4) is 0 Å². The number of halogens is 2. The number of hydrogen-bond donors (Lipinski definition) is 0. The van der Waals surface area contributed by atoms with Crippen molar-refractivity contribution in [2.24, 2.45) is 0 Å². The number of carbonyl (C=O) groups is 1. The van der Waals surface area contributed by atoms with E-state index in [-0.39, 0.29) is 11.5 Å². The minimum atomic E-state index is -1.33. The molecule has 0 aliphatic rings. The van der Waals surface area contributed by atoms with Crippen molar-refractivity contribution in [2.75, 3.05) is 5.75 Å². The van der Waals surface area contributed by atoms with Gasteiger partial charge < -0.3 is 0 Å². The van der Waals surface area contributed by atoms with E-state index in [2.05, 4.69) is 31.9 Å². The number of Topliss-reactive ketones (excluding diaryl/α,β-unsaturated/α-hetero) is 1. The first kappa shape index (κ1) is 14.6. The van der Waals surface area contributed by atoms with Crippen LogP contribution >= 0.6 is 31.9 Å². The van der Waals surface area contributed by atoms with Crippen LogP contribution in [0.4, 0.5) is 0 Å². The van der Waals surface area contributed by atoms with Crippen LogP contribution in [0.2, 0.25) is 0 Å². The molecule has 2 rings (SSSR count). The first-order chi connectivity index (χ1) is 9.08. The molecule has 0 aliphatic carbocycles. The third-order valence-corrected chi connectivity index (χ3v) is 4.98. The third-order valence-electron chi connectivity index (χ3n) is 2.50. The van der Waals surface area contributed by atoms with Crippen LogP contribution in [0.15, 0.2) is 62.4 Å². The minimum Gasteiger partial charge on any atom is -0.293 e. The molecular weight excluding hydrogens is 392 g/mol. The van der Waals surface area contributed by atoms with Crippen LogP contribution in [-0.2, 0) is 10.8 Å². The summed E-state index contributed by atoms with van der Waals surface area (Å²) in [6.45, 7) is 0. The average molecular weight is 402 g/mol. The lowest BCUT2D eigenvalue weighted by Gasteiger charge is -2.04. The summed E-state index contributed by atoms with van der Waals surface area (Å²) in [5.74, 6) is -0.148. The Morgan fingerprint density at radius 2 is 1.79 bits per heavy atom. The molecule has 19 heavy (non-hydrogen) atoms. The van der Waals surface area contributed by atoms with Crippen molar-refractivity contribution in [1.29, 1.82) is 0 Å². The van der Waals surface area contributed by atoms with E-state index in [1.54, 1.807) is 36.4 Å². The molecule has 0 amide bonds. The smallest absolute Gasteiger partial charge is 0.176 e. The van der Waals surface area contributed by atoms with Crippen molar-refractivity contribution in [3.05, 3.63) is 63.0 Å². The minimum absolute atomic E-state index is 0.0148. The summed E-state index contributed by atoms with van der Waals surface area (Å²) < 4.78 is 13.7. The number of rotatable bonds is 4. The molecule has 5 heteroatoms. The molecule has 0 radical (unpaired) electrons. The summed E-state index contributed by atoms with van der Waals surface area (Å²) >= 11 is 6.65. The second kappa shape index (κ2) is 6.59. The molecule has 2 nitrogen and oxygen atoms in total. The maximum Gasteiger partial charge on any atom is 0.176 e. The second-order valence-electron chi connectivity index (χ2n) is 3.85. The summed E-state index contributed by atoms with van der Waals surface area (Å²) in [6, 6.07) is 14.3. The SMILES string of the molecule is O=C(CS(=O)c1cccc(Br)c1)c1ccccc1Br. The zero-order valence-corrected chi connectivity index (χ0v) is 13.8. The van der Waals surface area contributed by atoms with Gasteiger partial charge >= 0.3 is 0 Å². The molecule has 0 aliphatic heterocycles. The largest absolute Gasteiger partial charge is 0.293 e. The first-order valence-corrected chi connectivity index (χ1v) is 8.40. The second-order valence-corrected chi connectivity index (χ2v) is 7.07. The van der Waals surface area contributed by atoms with Gasteiger partial charge in [0, 0.05) is 19.4 Å². The summed E-state index contributed by atoms with van der Waals surface area (Å²) in [4.78, 5) is 12.7. The molecule has 2 aromatic carbocycles. The number of benzene rings is 2. The number of hydrogen-bond acceptors (Lipinski definition) is 2. The molecule has 98 valence electrons. The van der Waals surface area contributed by atoms with Gasteiger partial charge in [0.1, 0.15) is 0 Å². The summed E-state index contributed by atoms with van der Waals surface area (Å²) in [7, 11) is -1.33. The topological polar surface area (TPSA) is 34.1 Å². The highest BCUT2D eigenvalue weighted by Gasteiger charge is 2.14. The van der Waals surface area contributed by atoms with Gasteiger partial charge in [-0.2, -0.15) is 0 Å². The molecule has 0 fully saturated rings. The summed E-state index contributed by atoms with van der Waals surface area (Å²) in [5, 5.41) is 0. The van der Waals surface area contributed by atoms with Crippen LogP contribution in [0.1, 0.15) is 10.4 Å². The fraction of sp³-hybridized carbons (Fsp3) is 0.0714. The number of ketones is 1. The Labute approximate surface area is 130 Å². The maximum absolute atomic E-state index is 12.1. The van der Waals surface area contributed by atoms with Gasteiger partial charge in [0.2, 0.25) is 0 Å². The Kier molecular flexibility index (Phi) is 5.07. The van der Waals surface area contributed by atoms with Crippen molar-refractivity contribution < 1.29 is 9.00 Å². The van der Waals surface area contributed by atoms with Crippen molar-refractivity contribution in [3.63, 3.8) is 0 Å². The van der Waals surface area contributed by atoms with Crippen LogP contribution in [0.25, 0.3) is 0 Å². The average Bonchev–Trinajstić information content (AvgIpc) is 2.39. The van der Waals surface area contributed by atoms with Gasteiger partial charge in [-0.25, -0.2) is 0 Å². The predicted molar refractivity (Wildman–Crippen MR) is 83.9 cm³/mol. The zero-order valence-electron chi connectivity index (χ0n) is 9.81. The highest BCUT2D eigenvalue weighted by molar-refractivity contribution is 9.10. The quantitative estimate of drug-likeness (QED) is 0.719. The Hall–Kier alpha value is -0.780. The zero-order chi connectivity index (χ0) is 13.8. The first-order valence-electron chi connectivity index (χ1n) is 5.49. The molecular formula is C14H10Br2O2S. The van der Waals surface area contributed by atoms with Gasteiger partial charge in [0.05, 0.1) is 16.6 Å². The summed E-state index contributed by atoms with van der Waals surface area (Å²) in [6.07, 6.45) is 0. The molecule has 0 heterocycles. The van der Waals surface area contributed by atoms with Gasteiger partial charge in [-0.05, 0) is 24.3 Å². The van der Waals surface area contributed by atoms with E-state index in [4.69, 9.17) is 0 Å². The van der Waals surface area contributed by atoms with E-state index in [1.165, 1.54) is 0 Å². The molecule has 0 bridgehead atoms. The van der Waals surface area contributed by atoms with Crippen LogP contribution < -0.4 is 0 Å². The Balaban J connectivity index is 2.16. The van der Waals surface area contributed by atoms with E-state index in [0.29, 0.717) is 10.5 Å². The van der Waals surface area contributed by atoms with E-state index < -0.39 is 10.8 Å². The van der Waals surface area contributed by atoms with E-state index in [0.717, 1.165) is 8.95 Å². The lowest BCUT2D eigenvalue weighted by molar-refractivity contribution is 0.102. The van der Waals surface area contributed by atoms with Crippen LogP contribution in [-0.4, -0.2) is 15.7 Å². The van der Waals surface area contributed by atoms with Gasteiger partial charge in [-0.3, -0.25) is 9.00 Å². The predicted octanol–water partition coefficient (Wildman–Crippen LogP) is 4.20. The molecule has 0 saturated heterocycles. The Bertz CT molecular complexity index is 641. The summed E-state index contributed by atoms with van der Waals surface area (Å²) in [5.41, 5.74) is 0.561. The standard InChI is InChI=1S/C14H10Br2O2S/c15-10-4-3-5-11(8-10)19(18)9-14(17)12-6-1-2-7-13(12)16/h1-8H,9H2. The lowest BCUT2D eigenvalue weighted by atomic mass is 10.1. The molecule has 0 spiro atoms. The molecule has 0 aromatic heterocycles.